The van der Waals surface area contributed by atoms with Crippen molar-refractivity contribution in [1.82, 2.24) is 0 Å². The van der Waals surface area contributed by atoms with E-state index in [1.807, 2.05) is 0 Å². The van der Waals surface area contributed by atoms with Gasteiger partial charge >= 0.3 is 37.7 Å². The molecule has 0 aromatic heterocycles. The maximum atomic E-state index is 2.21. The molecule has 0 bridgehead atoms. The monoisotopic (exact) mass is 114 g/mol. The molecule has 36 valence electrons. The third kappa shape index (κ3) is 8.98. The molecular formula is C5H14Ca. The van der Waals surface area contributed by atoms with E-state index in [0.717, 1.165) is 0 Å². The van der Waals surface area contributed by atoms with Crippen molar-refractivity contribution < 1.29 is 0 Å². The molecule has 0 saturated heterocycles. The van der Waals surface area contributed by atoms with Crippen LogP contribution in [0.2, 0.25) is 0 Å². The Morgan fingerprint density at radius 1 is 1.00 bits per heavy atom. The average molecular weight is 114 g/mol. The van der Waals surface area contributed by atoms with Gasteiger partial charge in [0.2, 0.25) is 0 Å². The van der Waals surface area contributed by atoms with Crippen molar-refractivity contribution in [2.45, 2.75) is 33.1 Å². The summed E-state index contributed by atoms with van der Waals surface area (Å²) < 4.78 is 0. The molecule has 0 aliphatic heterocycles. The average Bonchev–Trinajstić information content (AvgIpc) is 1.41. The summed E-state index contributed by atoms with van der Waals surface area (Å²) in [6.45, 7) is 4.42. The van der Waals surface area contributed by atoms with Crippen LogP contribution in [-0.2, 0) is 0 Å². The second-order valence-electron chi connectivity index (χ2n) is 1.35. The molecule has 0 amide bonds. The molecule has 0 atom stereocenters. The van der Waals surface area contributed by atoms with E-state index in [1.54, 1.807) is 0 Å². The predicted octanol–water partition coefficient (Wildman–Crippen LogP) is 1.28. The van der Waals surface area contributed by atoms with Crippen LogP contribution in [0.15, 0.2) is 0 Å². The summed E-state index contributed by atoms with van der Waals surface area (Å²) in [4.78, 5) is 0. The molecule has 0 N–H and O–H groups in total. The van der Waals surface area contributed by atoms with Crippen LogP contribution >= 0.6 is 0 Å². The first kappa shape index (κ1) is 10.3. The minimum atomic E-state index is 0. The van der Waals surface area contributed by atoms with Crippen LogP contribution in [0.5, 0.6) is 0 Å². The first-order valence-electron chi connectivity index (χ1n) is 2.41. The summed E-state index contributed by atoms with van der Waals surface area (Å²) in [5.74, 6) is 0. The van der Waals surface area contributed by atoms with Gasteiger partial charge in [-0.1, -0.05) is 33.1 Å². The number of hydrogen-bond donors (Lipinski definition) is 0. The standard InChI is InChI=1S/C5H12.Ca.2H/c1-3-5-4-2;;;/h3-5H2,1-2H3;;;. The maximum absolute atomic E-state index is 2.21. The Morgan fingerprint density at radius 2 is 1.33 bits per heavy atom. The molecule has 0 nitrogen and oxygen atoms in total. The summed E-state index contributed by atoms with van der Waals surface area (Å²) >= 11 is 0. The van der Waals surface area contributed by atoms with Crippen molar-refractivity contribution in [3.8, 4) is 0 Å². The van der Waals surface area contributed by atoms with Gasteiger partial charge in [-0.05, 0) is 0 Å². The molecule has 0 heterocycles. The van der Waals surface area contributed by atoms with Crippen LogP contribution in [-0.4, -0.2) is 37.7 Å². The van der Waals surface area contributed by atoms with Gasteiger partial charge in [0.05, 0.1) is 0 Å². The third-order valence-corrected chi connectivity index (χ3v) is 0.707. The zero-order chi connectivity index (χ0) is 4.12. The van der Waals surface area contributed by atoms with Crippen molar-refractivity contribution in [2.24, 2.45) is 0 Å². The molecule has 0 fully saturated rings. The Kier molecular flexibility index (Phi) is 16.4. The second kappa shape index (κ2) is 9.54. The minimum absolute atomic E-state index is 0. The molecular weight excluding hydrogens is 100 g/mol. The van der Waals surface area contributed by atoms with E-state index in [2.05, 4.69) is 13.8 Å². The van der Waals surface area contributed by atoms with Crippen LogP contribution in [0.3, 0.4) is 0 Å². The van der Waals surface area contributed by atoms with Crippen LogP contribution in [0, 0.1) is 0 Å². The fraction of sp³-hybridized carbons (Fsp3) is 1.00. The van der Waals surface area contributed by atoms with Gasteiger partial charge in [0.1, 0.15) is 0 Å². The fourth-order valence-electron chi connectivity index (χ4n) is 0.354. The van der Waals surface area contributed by atoms with Gasteiger partial charge in [0.15, 0.2) is 0 Å². The summed E-state index contributed by atoms with van der Waals surface area (Å²) in [7, 11) is 0. The van der Waals surface area contributed by atoms with Gasteiger partial charge in [-0.2, -0.15) is 0 Å². The summed E-state index contributed by atoms with van der Waals surface area (Å²) in [5.41, 5.74) is 0. The van der Waals surface area contributed by atoms with Crippen LogP contribution in [0.4, 0.5) is 0 Å². The molecule has 0 rings (SSSR count). The SMILES string of the molecule is CCCCC.[CaH2]. The van der Waals surface area contributed by atoms with Crippen LogP contribution in [0.25, 0.3) is 0 Å². The van der Waals surface area contributed by atoms with Crippen molar-refractivity contribution in [3.63, 3.8) is 0 Å². The van der Waals surface area contributed by atoms with E-state index in [-0.39, 0.29) is 37.7 Å². The van der Waals surface area contributed by atoms with Crippen LogP contribution in [0.1, 0.15) is 33.1 Å². The number of hydrogen-bond acceptors (Lipinski definition) is 0. The summed E-state index contributed by atoms with van der Waals surface area (Å²) in [6.07, 6.45) is 4.08. The van der Waals surface area contributed by atoms with E-state index in [1.165, 1.54) is 19.3 Å². The van der Waals surface area contributed by atoms with Crippen molar-refractivity contribution >= 4 is 37.7 Å². The van der Waals surface area contributed by atoms with Gasteiger partial charge in [-0.15, -0.1) is 0 Å². The van der Waals surface area contributed by atoms with Gasteiger partial charge in [-0.3, -0.25) is 0 Å². The zero-order valence-electron chi connectivity index (χ0n) is 4.12. The molecule has 0 aromatic rings. The fourth-order valence-corrected chi connectivity index (χ4v) is 0.354. The molecule has 0 aliphatic carbocycles. The summed E-state index contributed by atoms with van der Waals surface area (Å²) in [5, 5.41) is 0. The number of rotatable bonds is 2. The Bertz CT molecular complexity index is 11.4. The topological polar surface area (TPSA) is 0 Å². The Balaban J connectivity index is 0. The first-order chi connectivity index (χ1) is 2.41. The molecule has 0 saturated carbocycles. The number of unbranched alkanes of at least 4 members (excludes halogenated alkanes) is 2. The Labute approximate surface area is 70.3 Å². The molecule has 0 unspecified atom stereocenters. The Hall–Kier alpha value is 1.26. The summed E-state index contributed by atoms with van der Waals surface area (Å²) in [6, 6.07) is 0. The van der Waals surface area contributed by atoms with Gasteiger partial charge in [0.25, 0.3) is 0 Å². The van der Waals surface area contributed by atoms with E-state index >= 15 is 0 Å². The normalized spacial score (nSPS) is 7.00. The zero-order valence-corrected chi connectivity index (χ0v) is 4.12. The molecule has 6 heavy (non-hydrogen) atoms. The Morgan fingerprint density at radius 3 is 1.33 bits per heavy atom. The second-order valence-corrected chi connectivity index (χ2v) is 1.35. The third-order valence-electron chi connectivity index (χ3n) is 0.707. The van der Waals surface area contributed by atoms with E-state index in [0.29, 0.717) is 0 Å². The van der Waals surface area contributed by atoms with Crippen molar-refractivity contribution in [2.75, 3.05) is 0 Å². The van der Waals surface area contributed by atoms with Crippen molar-refractivity contribution in [3.05, 3.63) is 0 Å². The molecule has 1 heteroatoms. The van der Waals surface area contributed by atoms with E-state index in [4.69, 9.17) is 0 Å². The molecule has 0 radical (unpaired) electrons. The van der Waals surface area contributed by atoms with E-state index in [9.17, 15) is 0 Å². The van der Waals surface area contributed by atoms with Gasteiger partial charge in [0, 0.05) is 0 Å². The molecule has 0 aliphatic rings. The molecule has 0 spiro atoms. The predicted molar refractivity (Wildman–Crippen MR) is 33.7 cm³/mol. The quantitative estimate of drug-likeness (QED) is 0.474. The van der Waals surface area contributed by atoms with Crippen molar-refractivity contribution in [1.29, 1.82) is 0 Å². The van der Waals surface area contributed by atoms with E-state index < -0.39 is 0 Å². The van der Waals surface area contributed by atoms with Gasteiger partial charge in [-0.25, -0.2) is 0 Å². The van der Waals surface area contributed by atoms with Gasteiger partial charge < -0.3 is 0 Å². The van der Waals surface area contributed by atoms with Crippen LogP contribution < -0.4 is 0 Å². The molecule has 0 aromatic carbocycles. The first-order valence-corrected chi connectivity index (χ1v) is 2.41.